The molecule has 2 aromatic heterocycles. The summed E-state index contributed by atoms with van der Waals surface area (Å²) in [4.78, 5) is 19.0. The Morgan fingerprint density at radius 2 is 2.26 bits per heavy atom. The van der Waals surface area contributed by atoms with Crippen molar-refractivity contribution in [3.8, 4) is 5.88 Å². The summed E-state index contributed by atoms with van der Waals surface area (Å²) in [6.07, 6.45) is 5.00. The van der Waals surface area contributed by atoms with E-state index in [2.05, 4.69) is 9.98 Å². The summed E-state index contributed by atoms with van der Waals surface area (Å²) in [7, 11) is 0. The minimum atomic E-state index is -0.443. The molecule has 0 fully saturated rings. The van der Waals surface area contributed by atoms with Crippen molar-refractivity contribution in [2.24, 2.45) is 4.99 Å². The molecule has 2 N–H and O–H groups in total. The molecule has 0 spiro atoms. The zero-order valence-corrected chi connectivity index (χ0v) is 13.5. The van der Waals surface area contributed by atoms with Crippen molar-refractivity contribution in [3.05, 3.63) is 62.2 Å². The van der Waals surface area contributed by atoms with Crippen LogP contribution in [0, 0.1) is 4.77 Å². The molecular weight excluding hydrogens is 314 g/mol. The molecule has 7 heteroatoms. The molecule has 2 aromatic rings. The van der Waals surface area contributed by atoms with Gasteiger partial charge in [-0.3, -0.25) is 19.3 Å². The van der Waals surface area contributed by atoms with E-state index >= 15 is 0 Å². The molecule has 23 heavy (non-hydrogen) atoms. The number of nitrogens with zero attached hydrogens (tertiary/aromatic N) is 2. The van der Waals surface area contributed by atoms with Crippen LogP contribution in [-0.2, 0) is 6.54 Å². The maximum atomic E-state index is 12.2. The molecule has 0 amide bonds. The molecule has 1 aliphatic heterocycles. The summed E-state index contributed by atoms with van der Waals surface area (Å²) in [6.45, 7) is 3.95. The first-order valence-electron chi connectivity index (χ1n) is 7.00. The summed E-state index contributed by atoms with van der Waals surface area (Å²) < 4.78 is 6.82. The Kier molecular flexibility index (Phi) is 3.87. The maximum Gasteiger partial charge on any atom is 0.262 e. The van der Waals surface area contributed by atoms with Gasteiger partial charge in [0.15, 0.2) is 4.77 Å². The third kappa shape index (κ3) is 2.95. The number of aliphatic imine (C=N–C) groups is 1. The van der Waals surface area contributed by atoms with E-state index in [1.165, 1.54) is 10.8 Å². The van der Waals surface area contributed by atoms with Gasteiger partial charge in [0, 0.05) is 11.4 Å². The highest BCUT2D eigenvalue weighted by Crippen LogP contribution is 2.22. The standard InChI is InChI=1S/C16H15N3O3S/c1-9-6-11(10(2)17-9)7-13-14(20)18-16(23)19(15(13)21)8-12-4-3-5-22-12/h3-7,21H,8H2,1-2H3,(H,18,20,23). The summed E-state index contributed by atoms with van der Waals surface area (Å²) in [5, 5.41) is 10.5. The second kappa shape index (κ2) is 5.85. The van der Waals surface area contributed by atoms with Gasteiger partial charge in [0.1, 0.15) is 11.3 Å². The molecule has 3 heterocycles. The molecule has 0 saturated carbocycles. The summed E-state index contributed by atoms with van der Waals surface area (Å²) in [6, 6.07) is 3.51. The number of furan rings is 1. The Morgan fingerprint density at radius 3 is 2.87 bits per heavy atom. The van der Waals surface area contributed by atoms with Gasteiger partial charge in [-0.2, -0.15) is 0 Å². The van der Waals surface area contributed by atoms with Crippen LogP contribution >= 0.6 is 12.2 Å². The van der Waals surface area contributed by atoms with Gasteiger partial charge in [0.25, 0.3) is 5.56 Å². The Labute approximate surface area is 137 Å². The van der Waals surface area contributed by atoms with Crippen LogP contribution in [0.3, 0.4) is 0 Å². The molecule has 0 unspecified atom stereocenters. The molecule has 1 aliphatic rings. The zero-order valence-electron chi connectivity index (χ0n) is 12.7. The second-order valence-electron chi connectivity index (χ2n) is 5.24. The Morgan fingerprint density at radius 1 is 1.48 bits per heavy atom. The number of H-pyrrole nitrogens is 1. The quantitative estimate of drug-likeness (QED) is 0.848. The van der Waals surface area contributed by atoms with E-state index in [1.807, 2.05) is 19.9 Å². The van der Waals surface area contributed by atoms with Crippen molar-refractivity contribution >= 4 is 24.0 Å². The monoisotopic (exact) mass is 329 g/mol. The van der Waals surface area contributed by atoms with Crippen LogP contribution in [0.2, 0.25) is 0 Å². The molecule has 0 atom stereocenters. The number of hydrogen-bond donors (Lipinski definition) is 2. The van der Waals surface area contributed by atoms with Crippen LogP contribution in [0.1, 0.15) is 25.2 Å². The molecular formula is C16H15N3O3S. The molecule has 0 saturated heterocycles. The fraction of sp³-hybridized carbons (Fsp3) is 0.188. The van der Waals surface area contributed by atoms with Crippen LogP contribution < -0.4 is 5.56 Å². The highest BCUT2D eigenvalue weighted by molar-refractivity contribution is 7.71. The van der Waals surface area contributed by atoms with Gasteiger partial charge in [0.05, 0.1) is 12.8 Å². The third-order valence-corrected chi connectivity index (χ3v) is 3.85. The lowest BCUT2D eigenvalue weighted by molar-refractivity contribution is 0.396. The number of allylic oxidation sites excluding steroid dienone is 3. The fourth-order valence-corrected chi connectivity index (χ4v) is 2.65. The summed E-state index contributed by atoms with van der Waals surface area (Å²) >= 11 is 5.13. The average molecular weight is 329 g/mol. The van der Waals surface area contributed by atoms with E-state index < -0.39 is 5.56 Å². The second-order valence-corrected chi connectivity index (χ2v) is 5.63. The number of nitrogens with one attached hydrogen (secondary N) is 1. The lowest BCUT2D eigenvalue weighted by Crippen LogP contribution is -2.17. The van der Waals surface area contributed by atoms with Gasteiger partial charge in [-0.25, -0.2) is 0 Å². The van der Waals surface area contributed by atoms with Gasteiger partial charge in [0.2, 0.25) is 5.88 Å². The van der Waals surface area contributed by atoms with Crippen LogP contribution in [0.25, 0.3) is 6.08 Å². The van der Waals surface area contributed by atoms with Crippen LogP contribution in [0.15, 0.2) is 49.9 Å². The van der Waals surface area contributed by atoms with E-state index in [-0.39, 0.29) is 22.8 Å². The van der Waals surface area contributed by atoms with Crippen LogP contribution in [-0.4, -0.2) is 20.4 Å². The first kappa shape index (κ1) is 15.2. The minimum absolute atomic E-state index is 0.134. The number of hydrogen-bond acceptors (Lipinski definition) is 5. The lowest BCUT2D eigenvalue weighted by Gasteiger charge is -2.10. The third-order valence-electron chi connectivity index (χ3n) is 3.53. The Balaban J connectivity index is 2.12. The summed E-state index contributed by atoms with van der Waals surface area (Å²) in [5.74, 6) is 0.421. The van der Waals surface area contributed by atoms with Crippen molar-refractivity contribution in [2.45, 2.75) is 20.4 Å². The van der Waals surface area contributed by atoms with Crippen molar-refractivity contribution in [1.82, 2.24) is 9.55 Å². The van der Waals surface area contributed by atoms with E-state index in [1.54, 1.807) is 18.2 Å². The van der Waals surface area contributed by atoms with Gasteiger partial charge >= 0.3 is 0 Å². The van der Waals surface area contributed by atoms with Crippen molar-refractivity contribution in [3.63, 3.8) is 0 Å². The lowest BCUT2D eigenvalue weighted by atomic mass is 10.1. The van der Waals surface area contributed by atoms with Crippen LogP contribution in [0.4, 0.5) is 0 Å². The maximum absolute atomic E-state index is 12.2. The number of aromatic nitrogens is 2. The van der Waals surface area contributed by atoms with Gasteiger partial charge in [-0.15, -0.1) is 0 Å². The fourth-order valence-electron chi connectivity index (χ4n) is 2.40. The molecule has 0 radical (unpaired) electrons. The van der Waals surface area contributed by atoms with Crippen molar-refractivity contribution in [2.75, 3.05) is 0 Å². The predicted molar refractivity (Wildman–Crippen MR) is 90.2 cm³/mol. The first-order valence-corrected chi connectivity index (χ1v) is 7.40. The van der Waals surface area contributed by atoms with Crippen molar-refractivity contribution in [1.29, 1.82) is 0 Å². The molecule has 0 aliphatic carbocycles. The molecule has 0 aromatic carbocycles. The zero-order chi connectivity index (χ0) is 16.6. The van der Waals surface area contributed by atoms with Crippen LogP contribution in [0.5, 0.6) is 5.88 Å². The minimum Gasteiger partial charge on any atom is -0.494 e. The van der Waals surface area contributed by atoms with E-state index in [0.717, 1.165) is 17.0 Å². The number of aromatic hydroxyl groups is 1. The first-order chi connectivity index (χ1) is 11.0. The largest absolute Gasteiger partial charge is 0.494 e. The highest BCUT2D eigenvalue weighted by atomic mass is 32.1. The van der Waals surface area contributed by atoms with Gasteiger partial charge in [-0.1, -0.05) is 0 Å². The van der Waals surface area contributed by atoms with E-state index in [4.69, 9.17) is 16.6 Å². The molecule has 0 bridgehead atoms. The Hall–Kier alpha value is -2.67. The summed E-state index contributed by atoms with van der Waals surface area (Å²) in [5.41, 5.74) is 2.13. The SMILES string of the molecule is CC1=CC(=Cc2c(O)n(Cc3ccco3)c(=S)[nH]c2=O)C(C)=N1. The molecule has 118 valence electrons. The normalized spacial score (nSPS) is 15.8. The smallest absolute Gasteiger partial charge is 0.262 e. The van der Waals surface area contributed by atoms with E-state index in [9.17, 15) is 9.90 Å². The Bertz CT molecular complexity index is 959. The van der Waals surface area contributed by atoms with Gasteiger partial charge < -0.3 is 9.52 Å². The van der Waals surface area contributed by atoms with Gasteiger partial charge in [-0.05, 0) is 55.9 Å². The average Bonchev–Trinajstić information content (AvgIpc) is 3.09. The molecule has 3 rings (SSSR count). The topological polar surface area (TPSA) is 83.5 Å². The predicted octanol–water partition coefficient (Wildman–Crippen LogP) is 3.01. The number of aromatic amines is 1. The number of rotatable bonds is 3. The van der Waals surface area contributed by atoms with E-state index in [0.29, 0.717) is 5.76 Å². The molecule has 6 nitrogen and oxygen atoms in total. The highest BCUT2D eigenvalue weighted by Gasteiger charge is 2.15. The van der Waals surface area contributed by atoms with Crippen molar-refractivity contribution < 1.29 is 9.52 Å².